The Kier molecular flexibility index (Phi) is 3.65. The Morgan fingerprint density at radius 2 is 2.15 bits per heavy atom. The highest BCUT2D eigenvalue weighted by atomic mass is 16.2. The van der Waals surface area contributed by atoms with Gasteiger partial charge in [-0.1, -0.05) is 0 Å². The lowest BCUT2D eigenvalue weighted by atomic mass is 9.97. The molecule has 1 aliphatic heterocycles. The monoisotopic (exact) mass is 276 g/mol. The maximum absolute atomic E-state index is 12.7. The summed E-state index contributed by atoms with van der Waals surface area (Å²) in [6.07, 6.45) is 0. The molecule has 1 aromatic rings. The molecule has 6 nitrogen and oxygen atoms in total. The van der Waals surface area contributed by atoms with Gasteiger partial charge in [-0.2, -0.15) is 0 Å². The summed E-state index contributed by atoms with van der Waals surface area (Å²) < 4.78 is 0. The highest BCUT2D eigenvalue weighted by molar-refractivity contribution is 6.00. The van der Waals surface area contributed by atoms with E-state index in [9.17, 15) is 9.59 Å². The molecule has 2 rings (SSSR count). The predicted octanol–water partition coefficient (Wildman–Crippen LogP) is 0.782. The fraction of sp³-hybridized carbons (Fsp3) is 0.500. The first kappa shape index (κ1) is 14.3. The van der Waals surface area contributed by atoms with Crippen molar-refractivity contribution in [3.63, 3.8) is 0 Å². The first-order valence-corrected chi connectivity index (χ1v) is 6.63. The van der Waals surface area contributed by atoms with E-state index < -0.39 is 5.54 Å². The SMILES string of the molecule is CNc1cc(C(=O)N2CCNC(=O)C2(C)C)cc(C)n1. The van der Waals surface area contributed by atoms with Gasteiger partial charge in [0, 0.05) is 31.4 Å². The Hall–Kier alpha value is -2.11. The summed E-state index contributed by atoms with van der Waals surface area (Å²) in [5.74, 6) is 0.371. The van der Waals surface area contributed by atoms with Gasteiger partial charge in [0.15, 0.2) is 0 Å². The number of hydrogen-bond donors (Lipinski definition) is 2. The van der Waals surface area contributed by atoms with Crippen LogP contribution in [0.2, 0.25) is 0 Å². The number of hydrogen-bond acceptors (Lipinski definition) is 4. The van der Waals surface area contributed by atoms with Crippen molar-refractivity contribution in [1.82, 2.24) is 15.2 Å². The Morgan fingerprint density at radius 3 is 2.80 bits per heavy atom. The van der Waals surface area contributed by atoms with Gasteiger partial charge in [0.1, 0.15) is 11.4 Å². The quantitative estimate of drug-likeness (QED) is 0.837. The third-order valence-electron chi connectivity index (χ3n) is 3.55. The van der Waals surface area contributed by atoms with Crippen LogP contribution in [0.25, 0.3) is 0 Å². The number of carbonyl (C=O) groups excluding carboxylic acids is 2. The highest BCUT2D eigenvalue weighted by Crippen LogP contribution is 2.21. The minimum absolute atomic E-state index is 0.128. The van der Waals surface area contributed by atoms with E-state index in [-0.39, 0.29) is 11.8 Å². The Balaban J connectivity index is 2.35. The number of piperazine rings is 1. The van der Waals surface area contributed by atoms with E-state index in [1.165, 1.54) is 0 Å². The number of nitrogens with zero attached hydrogens (tertiary/aromatic N) is 2. The molecule has 1 saturated heterocycles. The number of amides is 2. The first-order chi connectivity index (χ1) is 9.36. The second-order valence-electron chi connectivity index (χ2n) is 5.40. The van der Waals surface area contributed by atoms with E-state index >= 15 is 0 Å². The van der Waals surface area contributed by atoms with Gasteiger partial charge >= 0.3 is 0 Å². The lowest BCUT2D eigenvalue weighted by Crippen LogP contribution is -2.63. The van der Waals surface area contributed by atoms with E-state index in [1.807, 2.05) is 6.92 Å². The average molecular weight is 276 g/mol. The molecule has 1 aliphatic rings. The summed E-state index contributed by atoms with van der Waals surface area (Å²) in [5, 5.41) is 5.72. The minimum atomic E-state index is -0.841. The molecule has 0 radical (unpaired) electrons. The lowest BCUT2D eigenvalue weighted by molar-refractivity contribution is -0.133. The van der Waals surface area contributed by atoms with Crippen LogP contribution in [0.4, 0.5) is 5.82 Å². The summed E-state index contributed by atoms with van der Waals surface area (Å²) in [6, 6.07) is 3.45. The van der Waals surface area contributed by atoms with Crippen molar-refractivity contribution in [3.05, 3.63) is 23.4 Å². The van der Waals surface area contributed by atoms with Crippen LogP contribution in [0.15, 0.2) is 12.1 Å². The third-order valence-corrected chi connectivity index (χ3v) is 3.55. The van der Waals surface area contributed by atoms with Crippen LogP contribution in [0.3, 0.4) is 0 Å². The number of anilines is 1. The average Bonchev–Trinajstić information content (AvgIpc) is 2.40. The summed E-state index contributed by atoms with van der Waals surface area (Å²) in [6.45, 7) is 6.34. The van der Waals surface area contributed by atoms with Gasteiger partial charge < -0.3 is 15.5 Å². The molecule has 2 amide bonds. The van der Waals surface area contributed by atoms with Crippen molar-refractivity contribution in [3.8, 4) is 0 Å². The third kappa shape index (κ3) is 2.45. The number of aryl methyl sites for hydroxylation is 1. The van der Waals surface area contributed by atoms with Gasteiger partial charge in [-0.05, 0) is 32.9 Å². The number of nitrogens with one attached hydrogen (secondary N) is 2. The molecule has 6 heteroatoms. The second kappa shape index (κ2) is 5.11. The van der Waals surface area contributed by atoms with Crippen LogP contribution in [-0.2, 0) is 4.79 Å². The zero-order valence-corrected chi connectivity index (χ0v) is 12.3. The van der Waals surface area contributed by atoms with E-state index in [4.69, 9.17) is 0 Å². The molecule has 2 N–H and O–H groups in total. The van der Waals surface area contributed by atoms with Crippen molar-refractivity contribution in [1.29, 1.82) is 0 Å². The van der Waals surface area contributed by atoms with Crippen molar-refractivity contribution < 1.29 is 9.59 Å². The van der Waals surface area contributed by atoms with Gasteiger partial charge in [0.25, 0.3) is 5.91 Å². The summed E-state index contributed by atoms with van der Waals surface area (Å²) >= 11 is 0. The van der Waals surface area contributed by atoms with Gasteiger partial charge in [-0.15, -0.1) is 0 Å². The largest absolute Gasteiger partial charge is 0.373 e. The number of rotatable bonds is 2. The van der Waals surface area contributed by atoms with Gasteiger partial charge in [-0.3, -0.25) is 9.59 Å². The van der Waals surface area contributed by atoms with Crippen LogP contribution in [0.1, 0.15) is 29.9 Å². The molecule has 108 valence electrons. The zero-order chi connectivity index (χ0) is 14.9. The van der Waals surface area contributed by atoms with Gasteiger partial charge in [0.2, 0.25) is 5.91 Å². The van der Waals surface area contributed by atoms with Gasteiger partial charge in [-0.25, -0.2) is 4.98 Å². The van der Waals surface area contributed by atoms with Crippen molar-refractivity contribution >= 4 is 17.6 Å². The molecule has 1 fully saturated rings. The van der Waals surface area contributed by atoms with Crippen LogP contribution >= 0.6 is 0 Å². The maximum atomic E-state index is 12.7. The second-order valence-corrected chi connectivity index (χ2v) is 5.40. The molecule has 0 spiro atoms. The summed E-state index contributed by atoms with van der Waals surface area (Å²) in [4.78, 5) is 30.5. The Bertz CT molecular complexity index is 554. The number of aromatic nitrogens is 1. The molecule has 0 saturated carbocycles. The number of carbonyl (C=O) groups is 2. The molecule has 0 aliphatic carbocycles. The Labute approximate surface area is 118 Å². The first-order valence-electron chi connectivity index (χ1n) is 6.63. The minimum Gasteiger partial charge on any atom is -0.373 e. The molecule has 2 heterocycles. The van der Waals surface area contributed by atoms with E-state index in [0.717, 1.165) is 5.69 Å². The molecule has 0 atom stereocenters. The Morgan fingerprint density at radius 1 is 1.45 bits per heavy atom. The van der Waals surface area contributed by atoms with Crippen molar-refractivity contribution in [2.75, 3.05) is 25.5 Å². The van der Waals surface area contributed by atoms with Crippen molar-refractivity contribution in [2.24, 2.45) is 0 Å². The predicted molar refractivity (Wildman–Crippen MR) is 76.6 cm³/mol. The van der Waals surface area contributed by atoms with E-state index in [0.29, 0.717) is 24.5 Å². The molecule has 20 heavy (non-hydrogen) atoms. The summed E-state index contributed by atoms with van der Waals surface area (Å²) in [7, 11) is 1.76. The maximum Gasteiger partial charge on any atom is 0.254 e. The topological polar surface area (TPSA) is 74.3 Å². The fourth-order valence-corrected chi connectivity index (χ4v) is 2.33. The van der Waals surface area contributed by atoms with Crippen LogP contribution in [0, 0.1) is 6.92 Å². The molecule has 0 unspecified atom stereocenters. The highest BCUT2D eigenvalue weighted by Gasteiger charge is 2.40. The zero-order valence-electron chi connectivity index (χ0n) is 12.3. The molecular formula is C14H20N4O2. The van der Waals surface area contributed by atoms with Crippen LogP contribution in [0.5, 0.6) is 0 Å². The van der Waals surface area contributed by atoms with Crippen molar-refractivity contribution in [2.45, 2.75) is 26.3 Å². The lowest BCUT2D eigenvalue weighted by Gasteiger charge is -2.41. The normalized spacial score (nSPS) is 17.6. The van der Waals surface area contributed by atoms with E-state index in [2.05, 4.69) is 15.6 Å². The van der Waals surface area contributed by atoms with E-state index in [1.54, 1.807) is 37.9 Å². The smallest absolute Gasteiger partial charge is 0.254 e. The standard InChI is InChI=1S/C14H20N4O2/c1-9-7-10(8-11(15-4)17-9)12(19)18-6-5-16-13(20)14(18,2)3/h7-8H,5-6H2,1-4H3,(H,15,17)(H,16,20). The molecule has 0 aromatic carbocycles. The molecular weight excluding hydrogens is 256 g/mol. The summed E-state index contributed by atoms with van der Waals surface area (Å²) in [5.41, 5.74) is 0.468. The van der Waals surface area contributed by atoms with Crippen LogP contribution in [-0.4, -0.2) is 47.4 Å². The van der Waals surface area contributed by atoms with Crippen LogP contribution < -0.4 is 10.6 Å². The molecule has 1 aromatic heterocycles. The molecule has 0 bridgehead atoms. The number of pyridine rings is 1. The van der Waals surface area contributed by atoms with Gasteiger partial charge in [0.05, 0.1) is 0 Å². The fourth-order valence-electron chi connectivity index (χ4n) is 2.33.